The Balaban J connectivity index is 2.30. The lowest BCUT2D eigenvalue weighted by molar-refractivity contribution is 0.0940. The molecule has 0 fully saturated rings. The minimum atomic E-state index is -0.231. The standard InChI is InChI=1S/C19H23N3O2S2/c1-25-10-8-20-18(23)16-13-22-17(19(24)21-9-11-26-2)12-15(16)14-6-4-3-5-7-14/h3-7,12-13H,8-11H2,1-2H3,(H,20,23)(H,21,24). The van der Waals surface area contributed by atoms with Crippen molar-refractivity contribution in [2.75, 3.05) is 37.1 Å². The predicted molar refractivity (Wildman–Crippen MR) is 111 cm³/mol. The number of hydrogen-bond acceptors (Lipinski definition) is 5. The van der Waals surface area contributed by atoms with Crippen molar-refractivity contribution in [2.45, 2.75) is 0 Å². The molecular weight excluding hydrogens is 366 g/mol. The molecule has 2 N–H and O–H groups in total. The molecule has 1 heterocycles. The minimum Gasteiger partial charge on any atom is -0.351 e. The van der Waals surface area contributed by atoms with Gasteiger partial charge >= 0.3 is 0 Å². The summed E-state index contributed by atoms with van der Waals surface area (Å²) < 4.78 is 0. The van der Waals surface area contributed by atoms with E-state index in [9.17, 15) is 9.59 Å². The van der Waals surface area contributed by atoms with Crippen molar-refractivity contribution in [2.24, 2.45) is 0 Å². The molecule has 0 saturated carbocycles. The molecule has 0 spiro atoms. The lowest BCUT2D eigenvalue weighted by Crippen LogP contribution is -2.28. The Kier molecular flexibility index (Phi) is 8.50. The Hall–Kier alpha value is -1.99. The van der Waals surface area contributed by atoms with E-state index in [-0.39, 0.29) is 11.8 Å². The highest BCUT2D eigenvalue weighted by atomic mass is 32.2. The van der Waals surface area contributed by atoms with Gasteiger partial charge in [0.05, 0.1) is 5.56 Å². The Labute approximate surface area is 162 Å². The average Bonchev–Trinajstić information content (AvgIpc) is 2.68. The fourth-order valence-corrected chi connectivity index (χ4v) is 2.95. The van der Waals surface area contributed by atoms with E-state index in [0.717, 1.165) is 17.1 Å². The van der Waals surface area contributed by atoms with Crippen LogP contribution in [0.3, 0.4) is 0 Å². The number of benzene rings is 1. The van der Waals surface area contributed by atoms with E-state index in [1.807, 2.05) is 42.8 Å². The quantitative estimate of drug-likeness (QED) is 0.645. The van der Waals surface area contributed by atoms with Crippen LogP contribution in [0.1, 0.15) is 20.8 Å². The molecule has 0 bridgehead atoms. The van der Waals surface area contributed by atoms with Gasteiger partial charge in [0.2, 0.25) is 0 Å². The third-order valence-corrected chi connectivity index (χ3v) is 4.87. The van der Waals surface area contributed by atoms with Crippen molar-refractivity contribution in [1.29, 1.82) is 0 Å². The predicted octanol–water partition coefficient (Wildman–Crippen LogP) is 2.93. The van der Waals surface area contributed by atoms with E-state index in [1.165, 1.54) is 6.20 Å². The first-order chi connectivity index (χ1) is 12.7. The van der Waals surface area contributed by atoms with Gasteiger partial charge in [0, 0.05) is 30.8 Å². The molecular formula is C19H23N3O2S2. The van der Waals surface area contributed by atoms with Crippen LogP contribution in [0.5, 0.6) is 0 Å². The van der Waals surface area contributed by atoms with E-state index >= 15 is 0 Å². The van der Waals surface area contributed by atoms with Gasteiger partial charge in [-0.15, -0.1) is 0 Å². The molecule has 26 heavy (non-hydrogen) atoms. The van der Waals surface area contributed by atoms with Crippen LogP contribution in [0.25, 0.3) is 11.1 Å². The summed E-state index contributed by atoms with van der Waals surface area (Å²) in [5.74, 6) is 1.27. The summed E-state index contributed by atoms with van der Waals surface area (Å²) in [6.07, 6.45) is 5.47. The number of nitrogens with zero attached hydrogens (tertiary/aromatic N) is 1. The summed E-state index contributed by atoms with van der Waals surface area (Å²) in [6, 6.07) is 11.3. The zero-order chi connectivity index (χ0) is 18.8. The van der Waals surface area contributed by atoms with Crippen LogP contribution in [0, 0.1) is 0 Å². The van der Waals surface area contributed by atoms with E-state index in [2.05, 4.69) is 15.6 Å². The van der Waals surface area contributed by atoms with Crippen LogP contribution in [-0.4, -0.2) is 53.9 Å². The summed E-state index contributed by atoms with van der Waals surface area (Å²) in [6.45, 7) is 1.17. The average molecular weight is 390 g/mol. The smallest absolute Gasteiger partial charge is 0.269 e. The van der Waals surface area contributed by atoms with Gasteiger partial charge in [-0.05, 0) is 29.7 Å². The Bertz CT molecular complexity index is 739. The highest BCUT2D eigenvalue weighted by molar-refractivity contribution is 7.98. The number of pyridine rings is 1. The number of carbonyl (C=O) groups is 2. The molecule has 138 valence electrons. The normalized spacial score (nSPS) is 10.4. The molecule has 0 aliphatic rings. The lowest BCUT2D eigenvalue weighted by atomic mass is 10.00. The van der Waals surface area contributed by atoms with Crippen LogP contribution >= 0.6 is 23.5 Å². The fourth-order valence-electron chi connectivity index (χ4n) is 2.34. The maximum atomic E-state index is 12.5. The Morgan fingerprint density at radius 3 is 2.19 bits per heavy atom. The molecule has 0 aliphatic carbocycles. The molecule has 7 heteroatoms. The zero-order valence-corrected chi connectivity index (χ0v) is 16.6. The van der Waals surface area contributed by atoms with Gasteiger partial charge in [0.15, 0.2) is 0 Å². The number of aromatic nitrogens is 1. The molecule has 0 aliphatic heterocycles. The van der Waals surface area contributed by atoms with Crippen molar-refractivity contribution in [3.8, 4) is 11.1 Å². The molecule has 2 rings (SSSR count). The van der Waals surface area contributed by atoms with Crippen LogP contribution in [-0.2, 0) is 0 Å². The SMILES string of the molecule is CSCCNC(=O)c1cc(-c2ccccc2)c(C(=O)NCCSC)cn1. The number of hydrogen-bond donors (Lipinski definition) is 2. The van der Waals surface area contributed by atoms with Gasteiger partial charge in [0.1, 0.15) is 5.69 Å². The van der Waals surface area contributed by atoms with Gasteiger partial charge in [-0.25, -0.2) is 0 Å². The first-order valence-electron chi connectivity index (χ1n) is 8.27. The molecule has 2 aromatic rings. The highest BCUT2D eigenvalue weighted by Crippen LogP contribution is 2.24. The van der Waals surface area contributed by atoms with Crippen LogP contribution in [0.4, 0.5) is 0 Å². The van der Waals surface area contributed by atoms with Gasteiger partial charge in [-0.3, -0.25) is 14.6 Å². The zero-order valence-electron chi connectivity index (χ0n) is 15.0. The molecule has 0 unspecified atom stereocenters. The maximum absolute atomic E-state index is 12.5. The number of amides is 2. The third kappa shape index (κ3) is 5.78. The summed E-state index contributed by atoms with van der Waals surface area (Å²) >= 11 is 3.33. The van der Waals surface area contributed by atoms with Gasteiger partial charge in [-0.2, -0.15) is 23.5 Å². The minimum absolute atomic E-state index is 0.181. The number of carbonyl (C=O) groups excluding carboxylic acids is 2. The monoisotopic (exact) mass is 389 g/mol. The molecule has 0 saturated heterocycles. The molecule has 0 atom stereocenters. The van der Waals surface area contributed by atoms with E-state index < -0.39 is 0 Å². The Morgan fingerprint density at radius 1 is 0.962 bits per heavy atom. The van der Waals surface area contributed by atoms with Crippen molar-refractivity contribution in [1.82, 2.24) is 15.6 Å². The van der Waals surface area contributed by atoms with Crippen molar-refractivity contribution >= 4 is 35.3 Å². The second-order valence-electron chi connectivity index (χ2n) is 5.48. The molecule has 1 aromatic carbocycles. The van der Waals surface area contributed by atoms with Crippen molar-refractivity contribution in [3.05, 3.63) is 53.9 Å². The maximum Gasteiger partial charge on any atom is 0.269 e. The molecule has 0 radical (unpaired) electrons. The summed E-state index contributed by atoms with van der Waals surface area (Å²) in [7, 11) is 0. The largest absolute Gasteiger partial charge is 0.351 e. The fraction of sp³-hybridized carbons (Fsp3) is 0.316. The van der Waals surface area contributed by atoms with E-state index in [0.29, 0.717) is 29.9 Å². The van der Waals surface area contributed by atoms with Crippen molar-refractivity contribution < 1.29 is 9.59 Å². The second kappa shape index (κ2) is 10.9. The summed E-state index contributed by atoms with van der Waals surface area (Å²) in [4.78, 5) is 29.1. The first kappa shape index (κ1) is 20.3. The lowest BCUT2D eigenvalue weighted by Gasteiger charge is -2.12. The van der Waals surface area contributed by atoms with Gasteiger partial charge in [0.25, 0.3) is 11.8 Å². The van der Waals surface area contributed by atoms with Gasteiger partial charge < -0.3 is 10.6 Å². The summed E-state index contributed by atoms with van der Waals surface area (Å²) in [5.41, 5.74) is 2.36. The Morgan fingerprint density at radius 2 is 1.58 bits per heavy atom. The van der Waals surface area contributed by atoms with Crippen LogP contribution in [0.15, 0.2) is 42.6 Å². The third-order valence-electron chi connectivity index (χ3n) is 3.65. The highest BCUT2D eigenvalue weighted by Gasteiger charge is 2.17. The number of nitrogens with one attached hydrogen (secondary N) is 2. The second-order valence-corrected chi connectivity index (χ2v) is 7.45. The van der Waals surface area contributed by atoms with Crippen LogP contribution < -0.4 is 10.6 Å². The molecule has 1 aromatic heterocycles. The van der Waals surface area contributed by atoms with Crippen LogP contribution in [0.2, 0.25) is 0 Å². The number of rotatable bonds is 9. The van der Waals surface area contributed by atoms with E-state index in [1.54, 1.807) is 29.6 Å². The topological polar surface area (TPSA) is 71.1 Å². The molecule has 2 amide bonds. The summed E-state index contributed by atoms with van der Waals surface area (Å²) in [5, 5.41) is 5.74. The van der Waals surface area contributed by atoms with Gasteiger partial charge in [-0.1, -0.05) is 30.3 Å². The van der Waals surface area contributed by atoms with Crippen molar-refractivity contribution in [3.63, 3.8) is 0 Å². The first-order valence-corrected chi connectivity index (χ1v) is 11.1. The molecule has 5 nitrogen and oxygen atoms in total. The van der Waals surface area contributed by atoms with E-state index in [4.69, 9.17) is 0 Å². The number of thioether (sulfide) groups is 2.